The number of carbonyl (C=O) groups is 3. The van der Waals surface area contributed by atoms with Gasteiger partial charge < -0.3 is 15.3 Å². The smallest absolute Gasteiger partial charge is 0.326 e. The van der Waals surface area contributed by atoms with Crippen LogP contribution in [-0.4, -0.2) is 40.3 Å². The molecular formula is C22H18Cl3N3O4. The van der Waals surface area contributed by atoms with Gasteiger partial charge in [-0.15, -0.1) is 0 Å². The number of carboxylic acid groups (broad SMARTS) is 1. The van der Waals surface area contributed by atoms with Crippen LogP contribution in [0.1, 0.15) is 34.3 Å². The fraction of sp³-hybridized carbons (Fsp3) is 0.273. The first-order chi connectivity index (χ1) is 15.3. The van der Waals surface area contributed by atoms with Crippen molar-refractivity contribution in [3.8, 4) is 0 Å². The minimum Gasteiger partial charge on any atom is -0.480 e. The second kappa shape index (κ2) is 9.10. The summed E-state index contributed by atoms with van der Waals surface area (Å²) in [4.78, 5) is 41.9. The van der Waals surface area contributed by atoms with Crippen molar-refractivity contribution in [3.05, 3.63) is 68.1 Å². The fourth-order valence-corrected chi connectivity index (χ4v) is 4.72. The zero-order valence-corrected chi connectivity index (χ0v) is 19.0. The molecule has 0 radical (unpaired) electrons. The van der Waals surface area contributed by atoms with E-state index in [9.17, 15) is 19.5 Å². The van der Waals surface area contributed by atoms with Crippen LogP contribution in [0.25, 0.3) is 0 Å². The maximum Gasteiger partial charge on any atom is 0.326 e. The first kappa shape index (κ1) is 22.6. The molecule has 32 heavy (non-hydrogen) atoms. The van der Waals surface area contributed by atoms with E-state index in [1.165, 1.54) is 12.4 Å². The van der Waals surface area contributed by atoms with Crippen LogP contribution < -0.4 is 10.2 Å². The van der Waals surface area contributed by atoms with Gasteiger partial charge in [0.05, 0.1) is 15.6 Å². The number of halogens is 3. The van der Waals surface area contributed by atoms with E-state index in [1.807, 2.05) is 6.07 Å². The van der Waals surface area contributed by atoms with Crippen molar-refractivity contribution in [2.75, 3.05) is 11.4 Å². The number of anilines is 1. The van der Waals surface area contributed by atoms with Gasteiger partial charge >= 0.3 is 5.97 Å². The van der Waals surface area contributed by atoms with Crippen LogP contribution in [0.5, 0.6) is 0 Å². The van der Waals surface area contributed by atoms with Crippen LogP contribution in [0.3, 0.4) is 0 Å². The number of rotatable bonds is 6. The molecule has 0 bridgehead atoms. The molecule has 166 valence electrons. The Labute approximate surface area is 199 Å². The first-order valence-electron chi connectivity index (χ1n) is 9.90. The molecule has 2 heterocycles. The van der Waals surface area contributed by atoms with Crippen molar-refractivity contribution in [1.82, 2.24) is 10.3 Å². The summed E-state index contributed by atoms with van der Waals surface area (Å²) in [5.74, 6) is -1.54. The quantitative estimate of drug-likeness (QED) is 0.630. The van der Waals surface area contributed by atoms with E-state index in [2.05, 4.69) is 10.3 Å². The molecule has 0 fully saturated rings. The third kappa shape index (κ3) is 4.33. The summed E-state index contributed by atoms with van der Waals surface area (Å²) in [6.45, 7) is 0.456. The summed E-state index contributed by atoms with van der Waals surface area (Å²) in [5, 5.41) is 13.0. The number of allylic oxidation sites excluding steroid dienone is 2. The van der Waals surface area contributed by atoms with Gasteiger partial charge in [0.25, 0.3) is 5.91 Å². The lowest BCUT2D eigenvalue weighted by Crippen LogP contribution is -2.38. The number of amides is 1. The van der Waals surface area contributed by atoms with Gasteiger partial charge in [-0.2, -0.15) is 0 Å². The number of hydrogen-bond donors (Lipinski definition) is 2. The summed E-state index contributed by atoms with van der Waals surface area (Å²) in [6.07, 6.45) is 4.25. The van der Waals surface area contributed by atoms with Gasteiger partial charge in [0.2, 0.25) is 0 Å². The van der Waals surface area contributed by atoms with E-state index >= 15 is 0 Å². The molecule has 1 amide bonds. The van der Waals surface area contributed by atoms with Crippen LogP contribution in [0.2, 0.25) is 10.0 Å². The minimum absolute atomic E-state index is 0.0767. The molecule has 2 N–H and O–H groups in total. The normalized spacial score (nSPS) is 16.3. The lowest BCUT2D eigenvalue weighted by molar-refractivity contribution is -0.139. The summed E-state index contributed by atoms with van der Waals surface area (Å²) < 4.78 is 0. The number of hydrogen-bond acceptors (Lipinski definition) is 5. The van der Waals surface area contributed by atoms with E-state index in [1.54, 1.807) is 17.0 Å². The Hall–Kier alpha value is -2.61. The van der Waals surface area contributed by atoms with Gasteiger partial charge in [0.15, 0.2) is 5.78 Å². The predicted molar refractivity (Wildman–Crippen MR) is 121 cm³/mol. The Morgan fingerprint density at radius 3 is 2.47 bits per heavy atom. The molecule has 1 atom stereocenters. The number of aliphatic carboxylic acids is 1. The van der Waals surface area contributed by atoms with E-state index in [0.717, 1.165) is 16.8 Å². The summed E-state index contributed by atoms with van der Waals surface area (Å²) in [7, 11) is 0. The number of Topliss-reactive ketones (excluding diaryl/α,β-unsaturated/α-hetero) is 1. The van der Waals surface area contributed by atoms with E-state index in [-0.39, 0.29) is 45.2 Å². The van der Waals surface area contributed by atoms with Gasteiger partial charge in [0, 0.05) is 43.2 Å². The van der Waals surface area contributed by atoms with E-state index in [4.69, 9.17) is 34.8 Å². The highest BCUT2D eigenvalue weighted by atomic mass is 35.5. The molecule has 7 nitrogen and oxygen atoms in total. The average Bonchev–Trinajstić information content (AvgIpc) is 3.31. The monoisotopic (exact) mass is 493 g/mol. The third-order valence-corrected chi connectivity index (χ3v) is 6.56. The van der Waals surface area contributed by atoms with Crippen molar-refractivity contribution in [2.45, 2.75) is 31.7 Å². The van der Waals surface area contributed by atoms with Crippen LogP contribution >= 0.6 is 34.8 Å². The van der Waals surface area contributed by atoms with Crippen LogP contribution in [-0.2, 0) is 22.4 Å². The Bertz CT molecular complexity index is 1140. The molecule has 1 aromatic heterocycles. The summed E-state index contributed by atoms with van der Waals surface area (Å²) in [6, 6.07) is 4.54. The van der Waals surface area contributed by atoms with E-state index in [0.29, 0.717) is 25.1 Å². The molecule has 10 heteroatoms. The topological polar surface area (TPSA) is 99.6 Å². The number of aromatic nitrogens is 1. The first-order valence-corrected chi connectivity index (χ1v) is 11.0. The molecule has 2 aromatic rings. The lowest BCUT2D eigenvalue weighted by Gasteiger charge is -2.20. The summed E-state index contributed by atoms with van der Waals surface area (Å²) >= 11 is 18.3. The molecule has 1 aliphatic heterocycles. The van der Waals surface area contributed by atoms with Crippen LogP contribution in [0.4, 0.5) is 5.69 Å². The lowest BCUT2D eigenvalue weighted by atomic mass is 10.0. The number of fused-ring (bicyclic) bond motifs is 1. The molecular weight excluding hydrogens is 477 g/mol. The zero-order chi connectivity index (χ0) is 23.0. The maximum atomic E-state index is 13.1. The molecule has 2 aliphatic rings. The van der Waals surface area contributed by atoms with Crippen molar-refractivity contribution in [1.29, 1.82) is 0 Å². The number of pyridine rings is 1. The molecule has 0 saturated carbocycles. The zero-order valence-electron chi connectivity index (χ0n) is 16.7. The number of carbonyl (C=O) groups excluding carboxylic acids is 2. The van der Waals surface area contributed by atoms with Gasteiger partial charge in [-0.25, -0.2) is 4.79 Å². The van der Waals surface area contributed by atoms with Crippen molar-refractivity contribution >= 4 is 58.1 Å². The van der Waals surface area contributed by atoms with Gasteiger partial charge in [-0.1, -0.05) is 46.9 Å². The summed E-state index contributed by atoms with van der Waals surface area (Å²) in [5.41, 5.74) is 3.11. The largest absolute Gasteiger partial charge is 0.480 e. The molecule has 4 rings (SSSR count). The van der Waals surface area contributed by atoms with Crippen molar-refractivity contribution < 1.29 is 19.5 Å². The van der Waals surface area contributed by atoms with Gasteiger partial charge in [0.1, 0.15) is 11.1 Å². The maximum absolute atomic E-state index is 13.1. The van der Waals surface area contributed by atoms with Gasteiger partial charge in [-0.3, -0.25) is 14.6 Å². The third-order valence-electron chi connectivity index (χ3n) is 5.55. The number of nitrogens with one attached hydrogen (secondary N) is 1. The Kier molecular flexibility index (Phi) is 6.42. The standard InChI is InChI=1S/C22H18Cl3N3O4/c23-13-9-26-10-14(24)19(13)21(30)28-6-5-12-7-11(1-3-17(12)28)8-16(22(31)32)27-15-2-4-18(29)20(15)25/h1,3,7,9-10,16,27H,2,4-6,8H2,(H,31,32). The van der Waals surface area contributed by atoms with Crippen molar-refractivity contribution in [3.63, 3.8) is 0 Å². The van der Waals surface area contributed by atoms with E-state index < -0.39 is 12.0 Å². The highest BCUT2D eigenvalue weighted by Crippen LogP contribution is 2.33. The Morgan fingerprint density at radius 1 is 1.12 bits per heavy atom. The number of ketones is 1. The highest BCUT2D eigenvalue weighted by molar-refractivity contribution is 6.43. The van der Waals surface area contributed by atoms with Crippen LogP contribution in [0, 0.1) is 0 Å². The highest BCUT2D eigenvalue weighted by Gasteiger charge is 2.30. The molecule has 1 aromatic carbocycles. The number of nitrogens with zero attached hydrogens (tertiary/aromatic N) is 2. The second-order valence-corrected chi connectivity index (χ2v) is 8.80. The van der Waals surface area contributed by atoms with Gasteiger partial charge in [-0.05, 0) is 30.0 Å². The predicted octanol–water partition coefficient (Wildman–Crippen LogP) is 3.99. The molecule has 1 unspecified atom stereocenters. The van der Waals surface area contributed by atoms with Crippen LogP contribution in [0.15, 0.2) is 41.3 Å². The molecule has 0 saturated heterocycles. The minimum atomic E-state index is -1.04. The molecule has 0 spiro atoms. The average molecular weight is 495 g/mol. The fourth-order valence-electron chi connectivity index (χ4n) is 3.95. The number of carboxylic acids is 1. The Morgan fingerprint density at radius 2 is 1.84 bits per heavy atom. The second-order valence-electron chi connectivity index (χ2n) is 7.60. The number of benzene rings is 1. The van der Waals surface area contributed by atoms with Crippen molar-refractivity contribution in [2.24, 2.45) is 0 Å². The Balaban J connectivity index is 1.54. The molecule has 1 aliphatic carbocycles. The SMILES string of the molecule is O=C1CCC(NC(Cc2ccc3c(c2)CCN3C(=O)c2c(Cl)cncc2Cl)C(=O)O)=C1Cl.